The number of carbonyl (C=O) groups excluding carboxylic acids is 2. The molecule has 7 nitrogen and oxygen atoms in total. The summed E-state index contributed by atoms with van der Waals surface area (Å²) < 4.78 is 18.5. The Morgan fingerprint density at radius 1 is 1.25 bits per heavy atom. The highest BCUT2D eigenvalue weighted by Crippen LogP contribution is 2.22. The number of benzene rings is 1. The van der Waals surface area contributed by atoms with Crippen LogP contribution in [0.3, 0.4) is 0 Å². The lowest BCUT2D eigenvalue weighted by Crippen LogP contribution is -2.25. The number of nitrogens with zero attached hydrogens (tertiary/aromatic N) is 2. The Bertz CT molecular complexity index is 690. The molecule has 2 rings (SSSR count). The molecule has 0 spiro atoms. The average molecular weight is 276 g/mol. The van der Waals surface area contributed by atoms with Gasteiger partial charge in [-0.2, -0.15) is 4.98 Å². The van der Waals surface area contributed by atoms with Gasteiger partial charge in [0, 0.05) is 18.3 Å². The minimum Gasteiger partial charge on any atom is -0.439 e. The summed E-state index contributed by atoms with van der Waals surface area (Å²) in [7, 11) is 0. The molecule has 0 aliphatic heterocycles. The Hall–Kier alpha value is -3.03. The highest BCUT2D eigenvalue weighted by molar-refractivity contribution is 6.41. The van der Waals surface area contributed by atoms with E-state index in [1.54, 1.807) is 0 Å². The van der Waals surface area contributed by atoms with E-state index in [4.69, 9.17) is 16.2 Å². The first-order chi connectivity index (χ1) is 9.47. The number of anilines is 1. The third-order valence-electron chi connectivity index (χ3n) is 2.25. The van der Waals surface area contributed by atoms with Gasteiger partial charge in [0.1, 0.15) is 11.6 Å². The van der Waals surface area contributed by atoms with Crippen LogP contribution < -0.4 is 16.2 Å². The molecule has 0 fully saturated rings. The van der Waals surface area contributed by atoms with Crippen molar-refractivity contribution in [2.45, 2.75) is 0 Å². The molecule has 102 valence electrons. The number of ketones is 1. The van der Waals surface area contributed by atoms with Gasteiger partial charge in [0.25, 0.3) is 11.7 Å². The van der Waals surface area contributed by atoms with Gasteiger partial charge >= 0.3 is 0 Å². The number of hydrogen-bond donors (Lipinski definition) is 2. The minimum atomic E-state index is -1.18. The van der Waals surface area contributed by atoms with Crippen LogP contribution in [0.15, 0.2) is 30.5 Å². The molecule has 8 heteroatoms. The molecule has 0 aliphatic carbocycles. The zero-order valence-electron chi connectivity index (χ0n) is 10.0. The second-order valence-corrected chi connectivity index (χ2v) is 3.70. The second-order valence-electron chi connectivity index (χ2n) is 3.70. The van der Waals surface area contributed by atoms with E-state index in [2.05, 4.69) is 9.97 Å². The number of amides is 1. The Labute approximate surface area is 112 Å². The SMILES string of the molecule is NC(=O)C(=O)c1nccc(Oc2ccc(N)c(F)c2)n1. The van der Waals surface area contributed by atoms with Crippen molar-refractivity contribution in [1.82, 2.24) is 9.97 Å². The summed E-state index contributed by atoms with van der Waals surface area (Å²) in [6.07, 6.45) is 1.21. The fourth-order valence-corrected chi connectivity index (χ4v) is 1.31. The van der Waals surface area contributed by atoms with E-state index in [-0.39, 0.29) is 17.3 Å². The molecule has 0 saturated heterocycles. The normalized spacial score (nSPS) is 10.1. The van der Waals surface area contributed by atoms with E-state index in [9.17, 15) is 14.0 Å². The van der Waals surface area contributed by atoms with Crippen molar-refractivity contribution < 1.29 is 18.7 Å². The second kappa shape index (κ2) is 5.31. The van der Waals surface area contributed by atoms with Crippen molar-refractivity contribution in [3.63, 3.8) is 0 Å². The maximum absolute atomic E-state index is 13.2. The van der Waals surface area contributed by atoms with E-state index in [0.717, 1.165) is 6.07 Å². The molecular weight excluding hydrogens is 267 g/mol. The number of Topliss-reactive ketones (excluding diaryl/α,β-unsaturated/α-hetero) is 1. The van der Waals surface area contributed by atoms with Gasteiger partial charge in [-0.15, -0.1) is 0 Å². The Morgan fingerprint density at radius 2 is 2.00 bits per heavy atom. The van der Waals surface area contributed by atoms with Crippen LogP contribution in [0.4, 0.5) is 10.1 Å². The van der Waals surface area contributed by atoms with Crippen LogP contribution in [-0.4, -0.2) is 21.7 Å². The number of primary amides is 1. The number of ether oxygens (including phenoxy) is 1. The first-order valence-electron chi connectivity index (χ1n) is 5.37. The lowest BCUT2D eigenvalue weighted by atomic mass is 10.3. The smallest absolute Gasteiger partial charge is 0.293 e. The van der Waals surface area contributed by atoms with Gasteiger partial charge in [0.2, 0.25) is 11.7 Å². The number of nitrogens with two attached hydrogens (primary N) is 2. The molecule has 0 radical (unpaired) electrons. The maximum atomic E-state index is 13.2. The third kappa shape index (κ3) is 2.86. The number of halogens is 1. The van der Waals surface area contributed by atoms with Gasteiger partial charge in [0.15, 0.2) is 0 Å². The predicted molar refractivity (Wildman–Crippen MR) is 66.4 cm³/mol. The molecule has 4 N–H and O–H groups in total. The molecule has 1 heterocycles. The standard InChI is InChI=1S/C12H9FN4O3/c13-7-5-6(1-2-8(7)14)20-9-3-4-16-12(17-9)10(18)11(15)19/h1-5H,14H2,(H2,15,19). The number of aromatic nitrogens is 2. The molecule has 2 aromatic rings. The van der Waals surface area contributed by atoms with Crippen molar-refractivity contribution >= 4 is 17.4 Å². The van der Waals surface area contributed by atoms with Crippen LogP contribution in [0.5, 0.6) is 11.6 Å². The van der Waals surface area contributed by atoms with E-state index in [1.807, 2.05) is 0 Å². The summed E-state index contributed by atoms with van der Waals surface area (Å²) in [6, 6.07) is 5.15. The Morgan fingerprint density at radius 3 is 2.65 bits per heavy atom. The van der Waals surface area contributed by atoms with Crippen molar-refractivity contribution in [1.29, 1.82) is 0 Å². The number of nitrogen functional groups attached to an aromatic ring is 1. The molecule has 1 amide bonds. The lowest BCUT2D eigenvalue weighted by molar-refractivity contribution is -0.114. The summed E-state index contributed by atoms with van der Waals surface area (Å²) >= 11 is 0. The molecule has 20 heavy (non-hydrogen) atoms. The van der Waals surface area contributed by atoms with E-state index < -0.39 is 23.3 Å². The van der Waals surface area contributed by atoms with Crippen LogP contribution in [0.2, 0.25) is 0 Å². The number of hydrogen-bond acceptors (Lipinski definition) is 6. The van der Waals surface area contributed by atoms with E-state index >= 15 is 0 Å². The van der Waals surface area contributed by atoms with Gasteiger partial charge in [-0.25, -0.2) is 9.37 Å². The van der Waals surface area contributed by atoms with Gasteiger partial charge in [-0.05, 0) is 12.1 Å². The van der Waals surface area contributed by atoms with E-state index in [1.165, 1.54) is 24.4 Å². The summed E-state index contributed by atoms with van der Waals surface area (Å²) in [5.74, 6) is -3.17. The molecule has 0 atom stereocenters. The topological polar surface area (TPSA) is 121 Å². The summed E-state index contributed by atoms with van der Waals surface area (Å²) in [5.41, 5.74) is 10.1. The van der Waals surface area contributed by atoms with Gasteiger partial charge in [-0.1, -0.05) is 0 Å². The molecule has 1 aromatic heterocycles. The Balaban J connectivity index is 2.25. The highest BCUT2D eigenvalue weighted by Gasteiger charge is 2.16. The monoisotopic (exact) mass is 276 g/mol. The van der Waals surface area contributed by atoms with Crippen molar-refractivity contribution in [2.24, 2.45) is 5.73 Å². The molecule has 0 saturated carbocycles. The fourth-order valence-electron chi connectivity index (χ4n) is 1.31. The lowest BCUT2D eigenvalue weighted by Gasteiger charge is -2.06. The first kappa shape index (κ1) is 13.4. The van der Waals surface area contributed by atoms with Crippen LogP contribution in [0.1, 0.15) is 10.6 Å². The number of carbonyl (C=O) groups is 2. The van der Waals surface area contributed by atoms with Crippen LogP contribution in [0, 0.1) is 5.82 Å². The first-order valence-corrected chi connectivity index (χ1v) is 5.37. The largest absolute Gasteiger partial charge is 0.439 e. The van der Waals surface area contributed by atoms with Gasteiger partial charge in [0.05, 0.1) is 5.69 Å². The molecule has 0 unspecified atom stereocenters. The number of rotatable bonds is 4. The Kier molecular flexibility index (Phi) is 3.56. The fraction of sp³-hybridized carbons (Fsp3) is 0. The van der Waals surface area contributed by atoms with Crippen molar-refractivity contribution in [3.05, 3.63) is 42.1 Å². The molecular formula is C12H9FN4O3. The quantitative estimate of drug-likeness (QED) is 0.480. The predicted octanol–water partition coefficient (Wildman–Crippen LogP) is 0.658. The van der Waals surface area contributed by atoms with Crippen LogP contribution in [0.25, 0.3) is 0 Å². The molecule has 1 aromatic carbocycles. The minimum absolute atomic E-state index is 0.0235. The van der Waals surface area contributed by atoms with Crippen LogP contribution >= 0.6 is 0 Å². The van der Waals surface area contributed by atoms with Crippen molar-refractivity contribution in [2.75, 3.05) is 5.73 Å². The summed E-state index contributed by atoms with van der Waals surface area (Å²) in [4.78, 5) is 29.4. The molecule has 0 aliphatic rings. The summed E-state index contributed by atoms with van der Waals surface area (Å²) in [6.45, 7) is 0. The zero-order chi connectivity index (χ0) is 14.7. The van der Waals surface area contributed by atoms with Crippen LogP contribution in [-0.2, 0) is 4.79 Å². The van der Waals surface area contributed by atoms with Gasteiger partial charge < -0.3 is 16.2 Å². The van der Waals surface area contributed by atoms with E-state index in [0.29, 0.717) is 0 Å². The average Bonchev–Trinajstić information content (AvgIpc) is 2.42. The summed E-state index contributed by atoms with van der Waals surface area (Å²) in [5, 5.41) is 0. The van der Waals surface area contributed by atoms with Crippen molar-refractivity contribution in [3.8, 4) is 11.6 Å². The highest BCUT2D eigenvalue weighted by atomic mass is 19.1. The molecule has 0 bridgehead atoms. The van der Waals surface area contributed by atoms with Gasteiger partial charge in [-0.3, -0.25) is 9.59 Å². The third-order valence-corrected chi connectivity index (χ3v) is 2.25. The zero-order valence-corrected chi connectivity index (χ0v) is 10.0. The maximum Gasteiger partial charge on any atom is 0.293 e.